The molecule has 1 aromatic carbocycles. The fourth-order valence-corrected chi connectivity index (χ4v) is 2.67. The summed E-state index contributed by atoms with van der Waals surface area (Å²) in [5, 5.41) is 10.4. The Balaban J connectivity index is 1.73. The smallest absolute Gasteiger partial charge is 0.287 e. The van der Waals surface area contributed by atoms with Crippen LogP contribution >= 0.6 is 12.2 Å². The highest BCUT2D eigenvalue weighted by Crippen LogP contribution is 2.16. The van der Waals surface area contributed by atoms with Crippen molar-refractivity contribution in [2.45, 2.75) is 39.5 Å². The van der Waals surface area contributed by atoms with E-state index in [2.05, 4.69) is 40.2 Å². The summed E-state index contributed by atoms with van der Waals surface area (Å²) in [5.74, 6) is 0.220. The zero-order valence-electron chi connectivity index (χ0n) is 15.3. The molecule has 1 heterocycles. The van der Waals surface area contributed by atoms with Crippen molar-refractivity contribution in [3.63, 3.8) is 0 Å². The molecule has 0 bridgehead atoms. The SMILES string of the molecule is CCCCC[C@@H](C)CNC(=S)NNC(=O)c1cc(-c2ccccc2)n[nH]1. The van der Waals surface area contributed by atoms with E-state index in [0.717, 1.165) is 17.8 Å². The Hall–Kier alpha value is -2.41. The highest BCUT2D eigenvalue weighted by molar-refractivity contribution is 7.80. The van der Waals surface area contributed by atoms with Gasteiger partial charge in [-0.3, -0.25) is 20.7 Å². The van der Waals surface area contributed by atoms with Gasteiger partial charge in [-0.25, -0.2) is 0 Å². The standard InChI is InChI=1S/C19H27N5OS/c1-3-4-6-9-14(2)13-20-19(26)24-23-18(25)17-12-16(21-22-17)15-10-7-5-8-11-15/h5,7-8,10-12,14H,3-4,6,9,13H2,1-2H3,(H,21,22)(H,23,25)(H2,20,24,26)/t14-/m1/s1. The average molecular weight is 374 g/mol. The molecule has 2 aromatic rings. The number of nitrogens with zero attached hydrogens (tertiary/aromatic N) is 1. The van der Waals surface area contributed by atoms with Gasteiger partial charge in [0.25, 0.3) is 5.91 Å². The number of carbonyl (C=O) groups is 1. The summed E-state index contributed by atoms with van der Waals surface area (Å²) in [4.78, 5) is 12.2. The van der Waals surface area contributed by atoms with Gasteiger partial charge < -0.3 is 5.32 Å². The monoisotopic (exact) mass is 373 g/mol. The number of amides is 1. The van der Waals surface area contributed by atoms with Gasteiger partial charge in [0.1, 0.15) is 5.69 Å². The number of rotatable bonds is 8. The highest BCUT2D eigenvalue weighted by Gasteiger charge is 2.11. The van der Waals surface area contributed by atoms with E-state index in [4.69, 9.17) is 12.2 Å². The lowest BCUT2D eigenvalue weighted by atomic mass is 10.0. The molecular weight excluding hydrogens is 346 g/mol. The van der Waals surface area contributed by atoms with Crippen LogP contribution in [0.4, 0.5) is 0 Å². The molecule has 1 aromatic heterocycles. The molecular formula is C19H27N5OS. The lowest BCUT2D eigenvalue weighted by molar-refractivity contribution is 0.0938. The summed E-state index contributed by atoms with van der Waals surface area (Å²) in [6.07, 6.45) is 4.90. The summed E-state index contributed by atoms with van der Waals surface area (Å²) in [6, 6.07) is 11.4. The number of aromatic amines is 1. The van der Waals surface area contributed by atoms with Gasteiger partial charge in [0.05, 0.1) is 5.69 Å². The Morgan fingerprint density at radius 3 is 2.73 bits per heavy atom. The van der Waals surface area contributed by atoms with E-state index in [1.54, 1.807) is 6.07 Å². The minimum absolute atomic E-state index is 0.320. The first-order chi connectivity index (χ1) is 12.6. The van der Waals surface area contributed by atoms with Gasteiger partial charge in [-0.2, -0.15) is 5.10 Å². The third-order valence-corrected chi connectivity index (χ3v) is 4.34. The van der Waals surface area contributed by atoms with E-state index in [9.17, 15) is 4.79 Å². The first-order valence-corrected chi connectivity index (χ1v) is 9.46. The quantitative estimate of drug-likeness (QED) is 0.324. The van der Waals surface area contributed by atoms with Crippen LogP contribution in [-0.2, 0) is 0 Å². The van der Waals surface area contributed by atoms with Crippen molar-refractivity contribution in [3.8, 4) is 11.3 Å². The van der Waals surface area contributed by atoms with Crippen LogP contribution in [-0.4, -0.2) is 27.8 Å². The fraction of sp³-hybridized carbons (Fsp3) is 0.421. The third kappa shape index (κ3) is 6.48. The zero-order chi connectivity index (χ0) is 18.8. The molecule has 6 nitrogen and oxygen atoms in total. The second-order valence-electron chi connectivity index (χ2n) is 6.42. The van der Waals surface area contributed by atoms with Crippen LogP contribution in [0.1, 0.15) is 50.0 Å². The van der Waals surface area contributed by atoms with E-state index in [1.807, 2.05) is 30.3 Å². The number of hydrogen-bond donors (Lipinski definition) is 4. The summed E-state index contributed by atoms with van der Waals surface area (Å²) in [6.45, 7) is 5.18. The predicted molar refractivity (Wildman–Crippen MR) is 109 cm³/mol. The molecule has 0 radical (unpaired) electrons. The normalized spacial score (nSPS) is 11.6. The number of H-pyrrole nitrogens is 1. The number of unbranched alkanes of at least 4 members (excludes halogenated alkanes) is 2. The number of nitrogens with one attached hydrogen (secondary N) is 4. The van der Waals surface area contributed by atoms with Gasteiger partial charge in [0.2, 0.25) is 0 Å². The fourth-order valence-electron chi connectivity index (χ4n) is 2.53. The molecule has 0 unspecified atom stereocenters. The lowest BCUT2D eigenvalue weighted by Gasteiger charge is -2.15. The van der Waals surface area contributed by atoms with E-state index in [-0.39, 0.29) is 5.91 Å². The third-order valence-electron chi connectivity index (χ3n) is 4.09. The molecule has 0 saturated carbocycles. The van der Waals surface area contributed by atoms with Crippen LogP contribution in [0.2, 0.25) is 0 Å². The van der Waals surface area contributed by atoms with Crippen LogP contribution in [0, 0.1) is 5.92 Å². The molecule has 0 saturated heterocycles. The molecule has 0 aliphatic heterocycles. The summed E-state index contributed by atoms with van der Waals surface area (Å²) in [7, 11) is 0. The molecule has 1 atom stereocenters. The van der Waals surface area contributed by atoms with Crippen LogP contribution in [0.25, 0.3) is 11.3 Å². The van der Waals surface area contributed by atoms with Gasteiger partial charge in [-0.15, -0.1) is 0 Å². The number of hydrogen-bond acceptors (Lipinski definition) is 3. The van der Waals surface area contributed by atoms with Crippen LogP contribution in [0.5, 0.6) is 0 Å². The van der Waals surface area contributed by atoms with Crippen molar-refractivity contribution in [3.05, 3.63) is 42.1 Å². The second kappa shape index (κ2) is 10.6. The van der Waals surface area contributed by atoms with Crippen LogP contribution in [0.15, 0.2) is 36.4 Å². The van der Waals surface area contributed by atoms with E-state index >= 15 is 0 Å². The van der Waals surface area contributed by atoms with Gasteiger partial charge in [-0.05, 0) is 30.6 Å². The number of benzene rings is 1. The van der Waals surface area contributed by atoms with Gasteiger partial charge >= 0.3 is 0 Å². The van der Waals surface area contributed by atoms with Crippen LogP contribution in [0.3, 0.4) is 0 Å². The van der Waals surface area contributed by atoms with Gasteiger partial charge in [-0.1, -0.05) is 63.4 Å². The molecule has 7 heteroatoms. The molecule has 1 amide bonds. The van der Waals surface area contributed by atoms with Crippen molar-refractivity contribution in [2.75, 3.05) is 6.54 Å². The molecule has 0 spiro atoms. The molecule has 0 aliphatic rings. The van der Waals surface area contributed by atoms with Gasteiger partial charge in [0.15, 0.2) is 5.11 Å². The van der Waals surface area contributed by atoms with E-state index in [0.29, 0.717) is 16.7 Å². The van der Waals surface area contributed by atoms with Gasteiger partial charge in [0, 0.05) is 12.1 Å². The predicted octanol–water partition coefficient (Wildman–Crippen LogP) is 3.40. The molecule has 0 aliphatic carbocycles. The Morgan fingerprint density at radius 1 is 1.23 bits per heavy atom. The van der Waals surface area contributed by atoms with Crippen molar-refractivity contribution in [2.24, 2.45) is 5.92 Å². The average Bonchev–Trinajstić information content (AvgIpc) is 3.15. The van der Waals surface area contributed by atoms with Crippen LogP contribution < -0.4 is 16.2 Å². The van der Waals surface area contributed by atoms with Crippen molar-refractivity contribution < 1.29 is 4.79 Å². The topological polar surface area (TPSA) is 81.8 Å². The zero-order valence-corrected chi connectivity index (χ0v) is 16.2. The molecule has 2 rings (SSSR count). The maximum atomic E-state index is 12.2. The van der Waals surface area contributed by atoms with E-state index < -0.39 is 0 Å². The molecule has 140 valence electrons. The number of carbonyl (C=O) groups excluding carboxylic acids is 1. The summed E-state index contributed by atoms with van der Waals surface area (Å²) in [5.41, 5.74) is 7.34. The number of thiocarbonyl (C=S) groups is 1. The highest BCUT2D eigenvalue weighted by atomic mass is 32.1. The first kappa shape index (κ1) is 19.9. The lowest BCUT2D eigenvalue weighted by Crippen LogP contribution is -2.47. The molecule has 26 heavy (non-hydrogen) atoms. The largest absolute Gasteiger partial charge is 0.361 e. The minimum Gasteiger partial charge on any atom is -0.361 e. The maximum absolute atomic E-state index is 12.2. The minimum atomic E-state index is -0.320. The summed E-state index contributed by atoms with van der Waals surface area (Å²) < 4.78 is 0. The van der Waals surface area contributed by atoms with E-state index in [1.165, 1.54) is 25.7 Å². The van der Waals surface area contributed by atoms with Crippen molar-refractivity contribution in [1.82, 2.24) is 26.4 Å². The number of aromatic nitrogens is 2. The Bertz CT molecular complexity index is 701. The molecule has 4 N–H and O–H groups in total. The second-order valence-corrected chi connectivity index (χ2v) is 6.83. The Morgan fingerprint density at radius 2 is 2.00 bits per heavy atom. The maximum Gasteiger partial charge on any atom is 0.287 e. The van der Waals surface area contributed by atoms with Crippen molar-refractivity contribution in [1.29, 1.82) is 0 Å². The summed E-state index contributed by atoms with van der Waals surface area (Å²) >= 11 is 5.20. The number of hydrazine groups is 1. The first-order valence-electron chi connectivity index (χ1n) is 9.05. The molecule has 0 fully saturated rings. The van der Waals surface area contributed by atoms with Crippen molar-refractivity contribution >= 4 is 23.2 Å². The Kier molecular flexibility index (Phi) is 8.08. The Labute approximate surface area is 160 Å².